The van der Waals surface area contributed by atoms with E-state index in [1.807, 2.05) is 42.5 Å². The summed E-state index contributed by atoms with van der Waals surface area (Å²) in [7, 11) is 1.30. The Morgan fingerprint density at radius 2 is 1.70 bits per heavy atom. The molecule has 8 heteroatoms. The topological polar surface area (TPSA) is 105 Å². The van der Waals surface area contributed by atoms with E-state index >= 15 is 0 Å². The van der Waals surface area contributed by atoms with Crippen LogP contribution in [0.5, 0.6) is 0 Å². The third-order valence-corrected chi connectivity index (χ3v) is 5.77. The maximum absolute atomic E-state index is 13.1. The van der Waals surface area contributed by atoms with Crippen LogP contribution in [0.25, 0.3) is 10.8 Å². The second-order valence-electron chi connectivity index (χ2n) is 7.97. The zero-order valence-electron chi connectivity index (χ0n) is 18.3. The number of ether oxygens (including phenoxy) is 1. The molecule has 3 aromatic carbocycles. The molecule has 1 fully saturated rings. The Kier molecular flexibility index (Phi) is 5.83. The van der Waals surface area contributed by atoms with Gasteiger partial charge in [-0.05, 0) is 47.0 Å². The Hall–Kier alpha value is -4.20. The van der Waals surface area contributed by atoms with E-state index in [0.29, 0.717) is 11.1 Å². The van der Waals surface area contributed by atoms with Crippen molar-refractivity contribution in [3.63, 3.8) is 0 Å². The van der Waals surface area contributed by atoms with Gasteiger partial charge in [-0.15, -0.1) is 0 Å². The Bertz CT molecular complexity index is 1250. The first-order valence-electron chi connectivity index (χ1n) is 10.4. The number of nitrogens with one attached hydrogen (secondary N) is 2. The van der Waals surface area contributed by atoms with Crippen LogP contribution in [0.15, 0.2) is 66.7 Å². The summed E-state index contributed by atoms with van der Waals surface area (Å²) >= 11 is 0. The van der Waals surface area contributed by atoms with Gasteiger partial charge in [0.25, 0.3) is 5.91 Å². The van der Waals surface area contributed by atoms with Crippen molar-refractivity contribution in [2.45, 2.75) is 19.0 Å². The molecule has 2 N–H and O–H groups in total. The zero-order valence-corrected chi connectivity index (χ0v) is 18.3. The largest absolute Gasteiger partial charge is 0.465 e. The van der Waals surface area contributed by atoms with E-state index in [4.69, 9.17) is 0 Å². The molecule has 0 saturated carbocycles. The van der Waals surface area contributed by atoms with Crippen LogP contribution in [0.3, 0.4) is 0 Å². The van der Waals surface area contributed by atoms with Crippen LogP contribution in [0.2, 0.25) is 0 Å². The highest BCUT2D eigenvalue weighted by molar-refractivity contribution is 6.09. The van der Waals surface area contributed by atoms with E-state index in [0.717, 1.165) is 21.2 Å². The van der Waals surface area contributed by atoms with Crippen LogP contribution in [0.4, 0.5) is 4.79 Å². The Balaban J connectivity index is 1.42. The number of carbonyl (C=O) groups is 4. The molecule has 0 aromatic heterocycles. The van der Waals surface area contributed by atoms with Gasteiger partial charge in [0.2, 0.25) is 5.91 Å². The molecule has 1 atom stereocenters. The third kappa shape index (κ3) is 4.27. The molecule has 1 aliphatic heterocycles. The summed E-state index contributed by atoms with van der Waals surface area (Å²) in [4.78, 5) is 50.5. The van der Waals surface area contributed by atoms with E-state index in [1.54, 1.807) is 31.2 Å². The van der Waals surface area contributed by atoms with Crippen molar-refractivity contribution >= 4 is 34.6 Å². The van der Waals surface area contributed by atoms with Gasteiger partial charge in [-0.3, -0.25) is 14.5 Å². The van der Waals surface area contributed by atoms with Gasteiger partial charge in [0.15, 0.2) is 0 Å². The second kappa shape index (κ2) is 8.74. The summed E-state index contributed by atoms with van der Waals surface area (Å²) in [5, 5.41) is 7.40. The van der Waals surface area contributed by atoms with Crippen LogP contribution >= 0.6 is 0 Å². The lowest BCUT2D eigenvalue weighted by Gasteiger charge is -2.22. The summed E-state index contributed by atoms with van der Waals surface area (Å²) in [6.07, 6.45) is 0. The summed E-state index contributed by atoms with van der Waals surface area (Å²) in [5.74, 6) is -1.41. The molecule has 1 heterocycles. The molecule has 1 unspecified atom stereocenters. The van der Waals surface area contributed by atoms with Gasteiger partial charge < -0.3 is 15.4 Å². The minimum Gasteiger partial charge on any atom is -0.465 e. The number of benzene rings is 3. The van der Waals surface area contributed by atoms with Crippen molar-refractivity contribution in [2.24, 2.45) is 0 Å². The highest BCUT2D eigenvalue weighted by atomic mass is 16.5. The number of amides is 4. The maximum atomic E-state index is 13.1. The zero-order chi connectivity index (χ0) is 23.6. The number of hydrogen-bond acceptors (Lipinski definition) is 5. The molecule has 4 amide bonds. The number of rotatable bonds is 6. The highest BCUT2D eigenvalue weighted by Gasteiger charge is 2.49. The first kappa shape index (κ1) is 22.0. The number of imide groups is 1. The number of carbonyl (C=O) groups excluding carboxylic acids is 4. The molecule has 4 rings (SSSR count). The molecule has 33 heavy (non-hydrogen) atoms. The lowest BCUT2D eigenvalue weighted by Crippen LogP contribution is -2.43. The number of urea groups is 1. The monoisotopic (exact) mass is 445 g/mol. The predicted molar refractivity (Wildman–Crippen MR) is 121 cm³/mol. The number of fused-ring (bicyclic) bond motifs is 1. The fraction of sp³-hybridized carbons (Fsp3) is 0.200. The predicted octanol–water partition coefficient (Wildman–Crippen LogP) is 2.71. The van der Waals surface area contributed by atoms with E-state index in [9.17, 15) is 19.2 Å². The van der Waals surface area contributed by atoms with E-state index < -0.39 is 35.9 Å². The Morgan fingerprint density at radius 3 is 2.39 bits per heavy atom. The smallest absolute Gasteiger partial charge is 0.337 e. The van der Waals surface area contributed by atoms with Crippen molar-refractivity contribution in [1.82, 2.24) is 15.5 Å². The molecule has 0 spiro atoms. The van der Waals surface area contributed by atoms with E-state index in [2.05, 4.69) is 15.4 Å². The van der Waals surface area contributed by atoms with Crippen LogP contribution in [0.1, 0.15) is 28.4 Å². The quantitative estimate of drug-likeness (QED) is 0.448. The molecular formula is C25H23N3O5. The van der Waals surface area contributed by atoms with E-state index in [1.165, 1.54) is 7.11 Å². The minimum absolute atomic E-state index is 0.186. The first-order chi connectivity index (χ1) is 15.8. The lowest BCUT2D eigenvalue weighted by atomic mass is 9.90. The summed E-state index contributed by atoms with van der Waals surface area (Å²) in [6.45, 7) is 1.43. The van der Waals surface area contributed by atoms with Crippen molar-refractivity contribution in [3.05, 3.63) is 83.4 Å². The molecule has 8 nitrogen and oxygen atoms in total. The molecular weight excluding hydrogens is 422 g/mol. The summed E-state index contributed by atoms with van der Waals surface area (Å²) < 4.78 is 4.65. The van der Waals surface area contributed by atoms with Gasteiger partial charge in [0.1, 0.15) is 12.1 Å². The van der Waals surface area contributed by atoms with Crippen molar-refractivity contribution in [1.29, 1.82) is 0 Å². The van der Waals surface area contributed by atoms with Gasteiger partial charge in [-0.2, -0.15) is 0 Å². The van der Waals surface area contributed by atoms with Crippen molar-refractivity contribution < 1.29 is 23.9 Å². The van der Waals surface area contributed by atoms with Crippen LogP contribution < -0.4 is 10.6 Å². The van der Waals surface area contributed by atoms with Gasteiger partial charge in [-0.25, -0.2) is 9.59 Å². The molecule has 1 aliphatic rings. The average Bonchev–Trinajstić information content (AvgIpc) is 3.06. The van der Waals surface area contributed by atoms with Crippen LogP contribution in [-0.4, -0.2) is 42.4 Å². The highest BCUT2D eigenvalue weighted by Crippen LogP contribution is 2.30. The average molecular weight is 445 g/mol. The van der Waals surface area contributed by atoms with Crippen LogP contribution in [0, 0.1) is 0 Å². The second-order valence-corrected chi connectivity index (χ2v) is 7.97. The number of hydrogen-bond donors (Lipinski definition) is 2. The normalized spacial score (nSPS) is 17.7. The fourth-order valence-corrected chi connectivity index (χ4v) is 3.81. The number of methoxy groups -OCH3 is 1. The number of esters is 1. The SMILES string of the molecule is COC(=O)c1ccc(CNC(=O)CN2C(=O)NC(C)(c3ccc4ccccc4c3)C2=O)cc1. The Morgan fingerprint density at radius 1 is 1.00 bits per heavy atom. The Labute approximate surface area is 190 Å². The van der Waals surface area contributed by atoms with Gasteiger partial charge >= 0.3 is 12.0 Å². The fourth-order valence-electron chi connectivity index (χ4n) is 3.81. The molecule has 168 valence electrons. The summed E-state index contributed by atoms with van der Waals surface area (Å²) in [5.41, 5.74) is 0.549. The molecule has 3 aromatic rings. The standard InChI is InChI=1S/C25H23N3O5/c1-25(20-12-11-17-5-3-4-6-19(17)13-20)23(31)28(24(32)27-25)15-21(29)26-14-16-7-9-18(10-8-16)22(30)33-2/h3-13H,14-15H2,1-2H3,(H,26,29)(H,27,32). The molecule has 0 radical (unpaired) electrons. The van der Waals surface area contributed by atoms with E-state index in [-0.39, 0.29) is 6.54 Å². The molecule has 0 bridgehead atoms. The molecule has 0 aliphatic carbocycles. The van der Waals surface area contributed by atoms with Gasteiger partial charge in [0, 0.05) is 6.54 Å². The third-order valence-electron chi connectivity index (χ3n) is 5.77. The van der Waals surface area contributed by atoms with Gasteiger partial charge in [0.05, 0.1) is 12.7 Å². The molecule has 1 saturated heterocycles. The first-order valence-corrected chi connectivity index (χ1v) is 10.4. The lowest BCUT2D eigenvalue weighted by molar-refractivity contribution is -0.134. The summed E-state index contributed by atoms with van der Waals surface area (Å²) in [6, 6.07) is 19.3. The number of nitrogens with zero attached hydrogens (tertiary/aromatic N) is 1. The maximum Gasteiger partial charge on any atom is 0.337 e. The van der Waals surface area contributed by atoms with Gasteiger partial charge in [-0.1, -0.05) is 48.5 Å². The minimum atomic E-state index is -1.26. The van der Waals surface area contributed by atoms with Crippen molar-refractivity contribution in [2.75, 3.05) is 13.7 Å². The van der Waals surface area contributed by atoms with Crippen molar-refractivity contribution in [3.8, 4) is 0 Å². The van der Waals surface area contributed by atoms with Crippen LogP contribution in [-0.2, 0) is 26.4 Å².